The number of Topliss-reactive ketones (excluding diaryl/α,β-unsaturated/α-hetero) is 1. The Bertz CT molecular complexity index is 1550. The number of hydrogen-bond acceptors (Lipinski definition) is 14. The molecule has 0 spiro atoms. The van der Waals surface area contributed by atoms with E-state index in [0.717, 1.165) is 5.01 Å². The lowest BCUT2D eigenvalue weighted by Gasteiger charge is -2.49. The second-order valence-electron chi connectivity index (χ2n) is 12.1. The molecule has 1 saturated heterocycles. The Balaban J connectivity index is 1.51. The van der Waals surface area contributed by atoms with Gasteiger partial charge in [0.15, 0.2) is 16.2 Å². The van der Waals surface area contributed by atoms with Crippen molar-refractivity contribution in [1.29, 1.82) is 0 Å². The van der Waals surface area contributed by atoms with Gasteiger partial charge < -0.3 is 25.6 Å². The maximum absolute atomic E-state index is 13.5. The lowest BCUT2D eigenvalue weighted by atomic mass is 9.91. The van der Waals surface area contributed by atoms with Crippen molar-refractivity contribution < 1.29 is 38.6 Å². The van der Waals surface area contributed by atoms with Crippen LogP contribution in [0.2, 0.25) is 0 Å². The fraction of sp³-hybridized carbons (Fsp3) is 0.500. The van der Waals surface area contributed by atoms with Crippen molar-refractivity contribution in [3.05, 3.63) is 51.7 Å². The molecule has 13 nitrogen and oxygen atoms in total. The topological polar surface area (TPSA) is 191 Å². The third-order valence-electron chi connectivity index (χ3n) is 7.20. The molecule has 46 heavy (non-hydrogen) atoms. The summed E-state index contributed by atoms with van der Waals surface area (Å²) in [7, 11) is 0. The van der Waals surface area contributed by atoms with Gasteiger partial charge in [0.2, 0.25) is 6.79 Å². The summed E-state index contributed by atoms with van der Waals surface area (Å²) in [4.78, 5) is 66.4. The monoisotopic (exact) mass is 691 g/mol. The number of nitrogens with zero attached hydrogens (tertiary/aromatic N) is 3. The summed E-state index contributed by atoms with van der Waals surface area (Å²) in [6, 6.07) is 4.26. The number of aliphatic hydroxyl groups is 1. The van der Waals surface area contributed by atoms with Gasteiger partial charge in [0, 0.05) is 22.6 Å². The molecule has 1 fully saturated rings. The third-order valence-corrected chi connectivity index (χ3v) is 10.6. The first kappa shape index (κ1) is 35.5. The van der Waals surface area contributed by atoms with Gasteiger partial charge in [0.25, 0.3) is 11.8 Å². The maximum Gasteiger partial charge on any atom is 0.357 e. The predicted molar refractivity (Wildman–Crippen MR) is 172 cm³/mol. The van der Waals surface area contributed by atoms with Gasteiger partial charge in [-0.2, -0.15) is 0 Å². The highest BCUT2D eigenvalue weighted by atomic mass is 32.2. The number of hydrogen-bond donors (Lipinski definition) is 3. The number of benzene rings is 1. The van der Waals surface area contributed by atoms with Gasteiger partial charge in [-0.15, -0.1) is 22.0 Å². The van der Waals surface area contributed by atoms with Crippen LogP contribution in [0.25, 0.3) is 0 Å². The number of ketones is 1. The van der Waals surface area contributed by atoms with E-state index in [1.54, 1.807) is 46.8 Å². The van der Waals surface area contributed by atoms with Crippen molar-refractivity contribution in [3.8, 4) is 0 Å². The van der Waals surface area contributed by atoms with E-state index in [4.69, 9.17) is 15.2 Å². The second kappa shape index (κ2) is 14.6. The summed E-state index contributed by atoms with van der Waals surface area (Å²) in [5.41, 5.74) is 6.03. The van der Waals surface area contributed by atoms with Crippen LogP contribution in [0, 0.1) is 18.3 Å². The molecule has 248 valence electrons. The van der Waals surface area contributed by atoms with Crippen LogP contribution in [-0.4, -0.2) is 85.5 Å². The van der Waals surface area contributed by atoms with Crippen LogP contribution in [0.15, 0.2) is 39.9 Å². The molecule has 2 aliphatic rings. The first-order valence-electron chi connectivity index (χ1n) is 14.4. The standard InChI is InChI=1S/C30H37N5O8S3/c1-14(2)19(31)22(36)17-9-7-8-10-18(17)23(37)24(38)32-20-25(39)35-21(27(40)42-13-43-28(41)30(4,5)6)16(11-44-26(20)35)12-45-29-34-33-15(3)46-29/h7-10,14,19-20,23,26,37H,11-13,31H2,1-6H3,(H,32,38)/t19-,20?,23?,26-/m0/s1. The molecule has 1 aromatic heterocycles. The molecule has 4 rings (SSSR count). The van der Waals surface area contributed by atoms with Crippen molar-refractivity contribution in [2.24, 2.45) is 17.1 Å². The zero-order chi connectivity index (χ0) is 33.9. The molecule has 0 aliphatic carbocycles. The van der Waals surface area contributed by atoms with E-state index in [2.05, 4.69) is 15.5 Å². The number of nitrogens with two attached hydrogens (primary N) is 1. The Morgan fingerprint density at radius 2 is 1.87 bits per heavy atom. The second-order valence-corrected chi connectivity index (χ2v) is 15.6. The molecule has 2 amide bonds. The van der Waals surface area contributed by atoms with Crippen molar-refractivity contribution >= 4 is 64.4 Å². The molecule has 0 bridgehead atoms. The number of carbonyl (C=O) groups is 5. The number of aliphatic hydroxyl groups excluding tert-OH is 1. The molecule has 2 aromatic rings. The minimum absolute atomic E-state index is 0.000965. The van der Waals surface area contributed by atoms with E-state index >= 15 is 0 Å². The molecule has 1 aromatic carbocycles. The number of aryl methyl sites for hydroxylation is 1. The molecule has 16 heteroatoms. The number of thioether (sulfide) groups is 2. The summed E-state index contributed by atoms with van der Waals surface area (Å²) in [6.45, 7) is 9.76. The average Bonchev–Trinajstić information content (AvgIpc) is 3.44. The number of carbonyl (C=O) groups excluding carboxylic acids is 5. The Kier molecular flexibility index (Phi) is 11.3. The zero-order valence-corrected chi connectivity index (χ0v) is 28.7. The Hall–Kier alpha value is -3.31. The van der Waals surface area contributed by atoms with E-state index < -0.39 is 65.3 Å². The van der Waals surface area contributed by atoms with Gasteiger partial charge in [0.05, 0.1) is 11.5 Å². The fourth-order valence-electron chi connectivity index (χ4n) is 4.51. The van der Waals surface area contributed by atoms with Gasteiger partial charge in [-0.05, 0) is 39.2 Å². The number of aromatic nitrogens is 2. The highest BCUT2D eigenvalue weighted by Gasteiger charge is 2.55. The van der Waals surface area contributed by atoms with Crippen molar-refractivity contribution in [2.75, 3.05) is 18.3 Å². The zero-order valence-electron chi connectivity index (χ0n) is 26.3. The van der Waals surface area contributed by atoms with Crippen LogP contribution >= 0.6 is 34.9 Å². The van der Waals surface area contributed by atoms with Crippen LogP contribution in [0.4, 0.5) is 0 Å². The maximum atomic E-state index is 13.5. The van der Waals surface area contributed by atoms with Crippen LogP contribution in [0.5, 0.6) is 0 Å². The smallest absolute Gasteiger partial charge is 0.357 e. The Morgan fingerprint density at radius 3 is 2.50 bits per heavy atom. The molecule has 4 atom stereocenters. The summed E-state index contributed by atoms with van der Waals surface area (Å²) >= 11 is 4.08. The minimum Gasteiger partial charge on any atom is -0.427 e. The van der Waals surface area contributed by atoms with Crippen LogP contribution < -0.4 is 11.1 Å². The van der Waals surface area contributed by atoms with Gasteiger partial charge in [0.1, 0.15) is 22.1 Å². The molecule has 2 aliphatic heterocycles. The fourth-order valence-corrected chi connectivity index (χ4v) is 7.81. The highest BCUT2D eigenvalue weighted by Crippen LogP contribution is 2.42. The van der Waals surface area contributed by atoms with E-state index in [0.29, 0.717) is 21.4 Å². The highest BCUT2D eigenvalue weighted by molar-refractivity contribution is 8.01. The summed E-state index contributed by atoms with van der Waals surface area (Å²) in [6.07, 6.45) is -1.75. The first-order chi connectivity index (χ1) is 21.6. The molecule has 2 unspecified atom stereocenters. The SMILES string of the molecule is Cc1nnc(SCC2=C(C(=O)OCOC(=O)C(C)(C)C)N3C(=O)C(NC(=O)C(O)c4ccccc4C(=O)[C@@H](N)C(C)C)[C@@H]3SC2)s1. The molecular formula is C30H37N5O8S3. The normalized spacial score (nSPS) is 19.2. The molecule has 0 radical (unpaired) electrons. The number of rotatable bonds is 12. The number of esters is 2. The molecular weight excluding hydrogens is 655 g/mol. The van der Waals surface area contributed by atoms with Gasteiger partial charge >= 0.3 is 11.9 Å². The average molecular weight is 692 g/mol. The first-order valence-corrected chi connectivity index (χ1v) is 17.3. The van der Waals surface area contributed by atoms with Gasteiger partial charge in [-0.25, -0.2) is 4.79 Å². The van der Waals surface area contributed by atoms with E-state index in [9.17, 15) is 29.1 Å². The summed E-state index contributed by atoms with van der Waals surface area (Å²) < 4.78 is 11.0. The van der Waals surface area contributed by atoms with Crippen molar-refractivity contribution in [3.63, 3.8) is 0 Å². The van der Waals surface area contributed by atoms with Crippen molar-refractivity contribution in [1.82, 2.24) is 20.4 Å². The molecule has 4 N–H and O–H groups in total. The molecule has 3 heterocycles. The van der Waals surface area contributed by atoms with E-state index in [-0.39, 0.29) is 22.7 Å². The number of fused-ring (bicyclic) bond motifs is 1. The van der Waals surface area contributed by atoms with E-state index in [1.165, 1.54) is 51.9 Å². The number of β-lactam (4-membered cyclic amide) rings is 1. The number of nitrogens with one attached hydrogen (secondary N) is 1. The van der Waals surface area contributed by atoms with Crippen molar-refractivity contribution in [2.45, 2.75) is 69.4 Å². The Morgan fingerprint density at radius 1 is 1.17 bits per heavy atom. The van der Waals surface area contributed by atoms with Gasteiger partial charge in [-0.3, -0.25) is 24.1 Å². The number of ether oxygens (including phenoxy) is 2. The molecule has 0 saturated carbocycles. The lowest BCUT2D eigenvalue weighted by Crippen LogP contribution is -2.71. The lowest BCUT2D eigenvalue weighted by molar-refractivity contribution is -0.173. The largest absolute Gasteiger partial charge is 0.427 e. The summed E-state index contributed by atoms with van der Waals surface area (Å²) in [5.74, 6) is -2.84. The minimum atomic E-state index is -1.75. The third kappa shape index (κ3) is 7.79. The summed E-state index contributed by atoms with van der Waals surface area (Å²) in [5, 5.41) is 21.8. The predicted octanol–water partition coefficient (Wildman–Crippen LogP) is 2.58. The van der Waals surface area contributed by atoms with E-state index in [1.807, 2.05) is 6.92 Å². The number of amides is 2. The van der Waals surface area contributed by atoms with Crippen LogP contribution in [-0.2, 0) is 28.7 Å². The van der Waals surface area contributed by atoms with Gasteiger partial charge in [-0.1, -0.05) is 61.2 Å². The van der Waals surface area contributed by atoms with Crippen LogP contribution in [0.1, 0.15) is 61.7 Å². The van der Waals surface area contributed by atoms with Crippen LogP contribution in [0.3, 0.4) is 0 Å². The quantitative estimate of drug-likeness (QED) is 0.0969. The Labute approximate surface area is 279 Å².